The molecule has 144 valence electrons. The number of aliphatic hydroxyl groups excluding tert-OH is 1. The van der Waals surface area contributed by atoms with Gasteiger partial charge in [-0.15, -0.1) is 0 Å². The van der Waals surface area contributed by atoms with Crippen LogP contribution < -0.4 is 0 Å². The molecule has 0 amide bonds. The molecule has 0 spiro atoms. The molecule has 7 heteroatoms. The lowest BCUT2D eigenvalue weighted by molar-refractivity contribution is 0.112. The van der Waals surface area contributed by atoms with E-state index in [0.29, 0.717) is 5.56 Å². The predicted molar refractivity (Wildman–Crippen MR) is 106 cm³/mol. The molecule has 2 aromatic heterocycles. The van der Waals surface area contributed by atoms with Crippen LogP contribution in [0.5, 0.6) is 0 Å². The van der Waals surface area contributed by atoms with Gasteiger partial charge in [0.1, 0.15) is 6.29 Å². The van der Waals surface area contributed by atoms with Crippen LogP contribution in [0.1, 0.15) is 50.9 Å². The molecule has 0 aliphatic heterocycles. The van der Waals surface area contributed by atoms with Crippen molar-refractivity contribution in [1.29, 1.82) is 0 Å². The van der Waals surface area contributed by atoms with E-state index in [-0.39, 0.29) is 13.2 Å². The Bertz CT molecular complexity index is 1090. The molecule has 0 fully saturated rings. The Hall–Kier alpha value is -2.93. The van der Waals surface area contributed by atoms with Crippen LogP contribution >= 0.6 is 0 Å². The van der Waals surface area contributed by atoms with Gasteiger partial charge in [-0.25, -0.2) is 9.50 Å². The molecule has 1 aromatic carbocycles. The van der Waals surface area contributed by atoms with Crippen molar-refractivity contribution in [3.63, 3.8) is 0 Å². The Balaban J connectivity index is 2.02. The molecule has 28 heavy (non-hydrogen) atoms. The van der Waals surface area contributed by atoms with Crippen molar-refractivity contribution in [2.75, 3.05) is 13.2 Å². The fraction of sp³-hybridized carbons (Fsp3) is 0.381. The van der Waals surface area contributed by atoms with Crippen LogP contribution in [0.15, 0.2) is 23.4 Å². The van der Waals surface area contributed by atoms with Crippen molar-refractivity contribution in [3.8, 4) is 11.1 Å². The number of aromatic nitrogens is 3. The van der Waals surface area contributed by atoms with E-state index in [1.54, 1.807) is 10.6 Å². The van der Waals surface area contributed by atoms with Crippen LogP contribution in [0.3, 0.4) is 0 Å². The molecule has 1 atom stereocenters. The van der Waals surface area contributed by atoms with E-state index in [4.69, 9.17) is 10.1 Å². The molecule has 0 saturated carbocycles. The molecule has 4 rings (SSSR count). The Morgan fingerprint density at radius 2 is 2.14 bits per heavy atom. The summed E-state index contributed by atoms with van der Waals surface area (Å²) in [6.07, 6.45) is 3.57. The number of nitrogens with zero attached hydrogens (tertiary/aromatic N) is 4. The van der Waals surface area contributed by atoms with Gasteiger partial charge in [0.2, 0.25) is 0 Å². The van der Waals surface area contributed by atoms with Crippen LogP contribution in [0.2, 0.25) is 0 Å². The summed E-state index contributed by atoms with van der Waals surface area (Å²) < 4.78 is 1.79. The van der Waals surface area contributed by atoms with E-state index in [9.17, 15) is 14.8 Å². The lowest BCUT2D eigenvalue weighted by atomic mass is 9.97. The zero-order chi connectivity index (χ0) is 19.8. The van der Waals surface area contributed by atoms with Crippen LogP contribution in [-0.2, 0) is 12.8 Å². The summed E-state index contributed by atoms with van der Waals surface area (Å²) in [6.45, 7) is 3.73. The van der Waals surface area contributed by atoms with Crippen molar-refractivity contribution in [1.82, 2.24) is 14.6 Å². The molecular weight excluding hydrogens is 356 g/mol. The van der Waals surface area contributed by atoms with E-state index in [1.165, 1.54) is 0 Å². The van der Waals surface area contributed by atoms with Crippen molar-refractivity contribution >= 4 is 11.9 Å². The second-order valence-electron chi connectivity index (χ2n) is 7.36. The number of fused-ring (bicyclic) bond motifs is 2. The third-order valence-electron chi connectivity index (χ3n) is 5.56. The number of carbonyl (C=O) groups excluding carboxylic acids is 1. The van der Waals surface area contributed by atoms with E-state index in [2.05, 4.69) is 5.18 Å². The molecule has 0 radical (unpaired) electrons. The lowest BCUT2D eigenvalue weighted by Gasteiger charge is -2.17. The quantitative estimate of drug-likeness (QED) is 0.525. The number of hydrogen-bond donors (Lipinski definition) is 1. The maximum atomic E-state index is 11.1. The monoisotopic (exact) mass is 378 g/mol. The second-order valence-corrected chi connectivity index (χ2v) is 7.36. The van der Waals surface area contributed by atoms with E-state index in [1.807, 2.05) is 26.0 Å². The van der Waals surface area contributed by atoms with Crippen LogP contribution in [0, 0.1) is 18.8 Å². The van der Waals surface area contributed by atoms with Gasteiger partial charge in [0.05, 0.1) is 24.5 Å². The Morgan fingerprint density at radius 3 is 2.82 bits per heavy atom. The molecule has 3 aromatic rings. The van der Waals surface area contributed by atoms with Gasteiger partial charge in [0.25, 0.3) is 0 Å². The molecule has 1 aliphatic rings. The topological polar surface area (TPSA) is 96.9 Å². The zero-order valence-electron chi connectivity index (χ0n) is 16.0. The average molecular weight is 378 g/mol. The highest BCUT2D eigenvalue weighted by atomic mass is 16.3. The van der Waals surface area contributed by atoms with Crippen molar-refractivity contribution < 1.29 is 9.90 Å². The van der Waals surface area contributed by atoms with E-state index < -0.39 is 5.92 Å². The van der Waals surface area contributed by atoms with Crippen molar-refractivity contribution in [2.24, 2.45) is 5.18 Å². The number of hydrogen-bond acceptors (Lipinski definition) is 6. The Kier molecular flexibility index (Phi) is 4.77. The molecule has 0 saturated heterocycles. The normalized spacial score (nSPS) is 14.2. The van der Waals surface area contributed by atoms with Gasteiger partial charge in [-0.2, -0.15) is 10.0 Å². The summed E-state index contributed by atoms with van der Waals surface area (Å²) in [4.78, 5) is 27.0. The SMILES string of the molecule is Cc1cc(C=O)ccc1-c1c(C)nn2c(C(CO)CN=O)c3c(nc12)CCC3. The molecule has 1 unspecified atom stereocenters. The summed E-state index contributed by atoms with van der Waals surface area (Å²) >= 11 is 0. The minimum Gasteiger partial charge on any atom is -0.396 e. The number of carbonyl (C=O) groups is 1. The first kappa shape index (κ1) is 18.4. The number of aldehydes is 1. The Labute approximate surface area is 162 Å². The Morgan fingerprint density at radius 1 is 1.32 bits per heavy atom. The van der Waals surface area contributed by atoms with Gasteiger partial charge >= 0.3 is 0 Å². The zero-order valence-corrected chi connectivity index (χ0v) is 16.0. The smallest absolute Gasteiger partial charge is 0.163 e. The van der Waals surface area contributed by atoms with Crippen molar-refractivity contribution in [3.05, 3.63) is 56.9 Å². The average Bonchev–Trinajstić information content (AvgIpc) is 3.28. The molecule has 2 heterocycles. The van der Waals surface area contributed by atoms with E-state index in [0.717, 1.165) is 70.5 Å². The fourth-order valence-corrected chi connectivity index (χ4v) is 4.27. The largest absolute Gasteiger partial charge is 0.396 e. The summed E-state index contributed by atoms with van der Waals surface area (Å²) in [5.74, 6) is -0.402. The first-order valence-corrected chi connectivity index (χ1v) is 9.46. The summed E-state index contributed by atoms with van der Waals surface area (Å²) in [5.41, 5.74) is 7.96. The predicted octanol–water partition coefficient (Wildman–Crippen LogP) is 3.16. The maximum absolute atomic E-state index is 11.1. The second kappa shape index (κ2) is 7.24. The van der Waals surface area contributed by atoms with Gasteiger partial charge in [0.15, 0.2) is 5.65 Å². The molecule has 7 nitrogen and oxygen atoms in total. The third-order valence-corrected chi connectivity index (χ3v) is 5.56. The number of rotatable bonds is 6. The lowest BCUT2D eigenvalue weighted by Crippen LogP contribution is -2.17. The highest BCUT2D eigenvalue weighted by Crippen LogP contribution is 2.36. The number of nitroso groups, excluding NO2 is 1. The van der Waals surface area contributed by atoms with Crippen LogP contribution in [-0.4, -0.2) is 39.1 Å². The van der Waals surface area contributed by atoms with Gasteiger partial charge in [-0.1, -0.05) is 17.3 Å². The van der Waals surface area contributed by atoms with Crippen LogP contribution in [0.25, 0.3) is 16.8 Å². The summed E-state index contributed by atoms with van der Waals surface area (Å²) in [6, 6.07) is 5.57. The van der Waals surface area contributed by atoms with Crippen LogP contribution in [0.4, 0.5) is 0 Å². The highest BCUT2D eigenvalue weighted by molar-refractivity contribution is 5.85. The third kappa shape index (κ3) is 2.82. The van der Waals surface area contributed by atoms with Gasteiger partial charge in [-0.3, -0.25) is 4.79 Å². The maximum Gasteiger partial charge on any atom is 0.163 e. The molecule has 0 bridgehead atoms. The molecule has 1 N–H and O–H groups in total. The molecular formula is C21H22N4O3. The molecule has 1 aliphatic carbocycles. The first-order valence-electron chi connectivity index (χ1n) is 9.46. The minimum atomic E-state index is -0.402. The van der Waals surface area contributed by atoms with Crippen molar-refractivity contribution in [2.45, 2.75) is 39.0 Å². The van der Waals surface area contributed by atoms with Gasteiger partial charge < -0.3 is 5.11 Å². The fourth-order valence-electron chi connectivity index (χ4n) is 4.27. The standard InChI is InChI=1S/C21H22N4O3/c1-12-8-14(10-26)6-7-16(12)19-13(2)24-25-20(15(11-27)9-22-28)17-4-3-5-18(17)23-21(19)25/h6-8,10,15,27H,3-5,9,11H2,1-2H3. The highest BCUT2D eigenvalue weighted by Gasteiger charge is 2.28. The van der Waals surface area contributed by atoms with Gasteiger partial charge in [-0.05, 0) is 55.9 Å². The number of benzene rings is 1. The number of aliphatic hydroxyl groups is 1. The first-order chi connectivity index (χ1) is 13.6. The minimum absolute atomic E-state index is 0.00333. The summed E-state index contributed by atoms with van der Waals surface area (Å²) in [7, 11) is 0. The van der Waals surface area contributed by atoms with Gasteiger partial charge in [0, 0.05) is 22.7 Å². The van der Waals surface area contributed by atoms with E-state index >= 15 is 0 Å². The number of aryl methyl sites for hydroxylation is 3. The summed E-state index contributed by atoms with van der Waals surface area (Å²) in [5, 5.41) is 17.7.